The topological polar surface area (TPSA) is 26.1 Å². The van der Waals surface area contributed by atoms with Gasteiger partial charge in [0.25, 0.3) is 0 Å². The molecule has 0 bridgehead atoms. The molecule has 0 fully saturated rings. The third kappa shape index (κ3) is 3.74. The molecule has 0 aliphatic heterocycles. The van der Waals surface area contributed by atoms with Gasteiger partial charge in [-0.25, -0.2) is 0 Å². The van der Waals surface area contributed by atoms with Gasteiger partial charge < -0.3 is 5.21 Å². The zero-order valence-electron chi connectivity index (χ0n) is 12.7. The minimum Gasteiger partial charge on any atom is -0.618 e. The monoisotopic (exact) mass is 299 g/mol. The fraction of sp³-hybridized carbons (Fsp3) is 0. The molecule has 0 aliphatic carbocycles. The zero-order valence-corrected chi connectivity index (χ0v) is 12.7. The van der Waals surface area contributed by atoms with Crippen molar-refractivity contribution in [3.05, 3.63) is 113 Å². The number of para-hydroxylation sites is 1. The lowest BCUT2D eigenvalue weighted by Crippen LogP contribution is -2.10. The maximum absolute atomic E-state index is 12.8. The van der Waals surface area contributed by atoms with Gasteiger partial charge in [-0.15, -0.1) is 0 Å². The predicted octanol–water partition coefficient (Wildman–Crippen LogP) is 5.03. The second-order valence-corrected chi connectivity index (χ2v) is 5.13. The summed E-state index contributed by atoms with van der Waals surface area (Å²) in [7, 11) is 0. The Labute approximate surface area is 136 Å². The molecule has 0 heterocycles. The van der Waals surface area contributed by atoms with Crippen LogP contribution in [0.15, 0.2) is 97.1 Å². The van der Waals surface area contributed by atoms with Gasteiger partial charge >= 0.3 is 0 Å². The van der Waals surface area contributed by atoms with Crippen LogP contribution in [0.5, 0.6) is 0 Å². The van der Waals surface area contributed by atoms with Crippen molar-refractivity contribution in [3.63, 3.8) is 0 Å². The molecule has 2 nitrogen and oxygen atoms in total. The molecule has 2 heteroatoms. The van der Waals surface area contributed by atoms with Crippen LogP contribution in [0.4, 0.5) is 5.69 Å². The number of hydrogen-bond donors (Lipinski definition) is 0. The third-order valence-corrected chi connectivity index (χ3v) is 3.51. The molecule has 0 saturated carbocycles. The van der Waals surface area contributed by atoms with Crippen LogP contribution in [-0.2, 0) is 0 Å². The Morgan fingerprint density at radius 1 is 0.696 bits per heavy atom. The van der Waals surface area contributed by atoms with E-state index in [-0.39, 0.29) is 0 Å². The lowest BCUT2D eigenvalue weighted by Gasteiger charge is -2.08. The van der Waals surface area contributed by atoms with Crippen molar-refractivity contribution in [1.82, 2.24) is 0 Å². The Balaban J connectivity index is 2.06. The SMILES string of the molecule is [O-]/[N+](=C(\C=C\c1ccccc1)c1ccccc1)c1ccccc1. The molecule has 3 rings (SSSR count). The molecule has 23 heavy (non-hydrogen) atoms. The van der Waals surface area contributed by atoms with Crippen LogP contribution < -0.4 is 0 Å². The molecule has 0 atom stereocenters. The predicted molar refractivity (Wildman–Crippen MR) is 95.8 cm³/mol. The highest BCUT2D eigenvalue weighted by molar-refractivity contribution is 6.08. The second kappa shape index (κ2) is 7.23. The van der Waals surface area contributed by atoms with Gasteiger partial charge in [0.05, 0.1) is 0 Å². The number of benzene rings is 3. The summed E-state index contributed by atoms with van der Waals surface area (Å²) < 4.78 is 0.967. The van der Waals surface area contributed by atoms with Crippen LogP contribution in [-0.4, -0.2) is 10.5 Å². The minimum atomic E-state index is 0.612. The Kier molecular flexibility index (Phi) is 4.65. The average Bonchev–Trinajstić information content (AvgIpc) is 2.64. The van der Waals surface area contributed by atoms with E-state index in [0.717, 1.165) is 15.9 Å². The third-order valence-electron chi connectivity index (χ3n) is 3.51. The molecule has 0 saturated heterocycles. The number of hydrogen-bond acceptors (Lipinski definition) is 1. The van der Waals surface area contributed by atoms with Gasteiger partial charge in [-0.05, 0) is 23.8 Å². The Morgan fingerprint density at radius 2 is 1.22 bits per heavy atom. The van der Waals surface area contributed by atoms with Gasteiger partial charge in [0.1, 0.15) is 0 Å². The Morgan fingerprint density at radius 3 is 1.83 bits per heavy atom. The van der Waals surface area contributed by atoms with Gasteiger partial charge in [-0.1, -0.05) is 66.7 Å². The van der Waals surface area contributed by atoms with Crippen LogP contribution in [0.1, 0.15) is 11.1 Å². The summed E-state index contributed by atoms with van der Waals surface area (Å²) in [4.78, 5) is 0. The molecule has 3 aromatic carbocycles. The van der Waals surface area contributed by atoms with Crippen LogP contribution in [0.2, 0.25) is 0 Å². The summed E-state index contributed by atoms with van der Waals surface area (Å²) in [5.41, 5.74) is 3.17. The van der Waals surface area contributed by atoms with Crippen LogP contribution >= 0.6 is 0 Å². The van der Waals surface area contributed by atoms with Gasteiger partial charge in [0, 0.05) is 23.8 Å². The maximum atomic E-state index is 12.8. The van der Waals surface area contributed by atoms with Crippen LogP contribution in [0.25, 0.3) is 6.08 Å². The fourth-order valence-corrected chi connectivity index (χ4v) is 2.33. The van der Waals surface area contributed by atoms with Gasteiger partial charge in [-0.3, -0.25) is 0 Å². The lowest BCUT2D eigenvalue weighted by molar-refractivity contribution is -0.359. The second-order valence-electron chi connectivity index (χ2n) is 5.13. The molecule has 3 aromatic rings. The molecule has 0 aliphatic rings. The Hall–Kier alpha value is -3.13. The first kappa shape index (κ1) is 14.8. The van der Waals surface area contributed by atoms with E-state index in [0.29, 0.717) is 11.4 Å². The van der Waals surface area contributed by atoms with Crippen LogP contribution in [0.3, 0.4) is 0 Å². The molecule has 0 amide bonds. The summed E-state index contributed by atoms with van der Waals surface area (Å²) in [5.74, 6) is 0. The summed E-state index contributed by atoms with van der Waals surface area (Å²) in [6.07, 6.45) is 3.82. The van der Waals surface area contributed by atoms with Gasteiger partial charge in [-0.2, -0.15) is 4.74 Å². The normalized spacial score (nSPS) is 12.2. The van der Waals surface area contributed by atoms with E-state index in [2.05, 4.69) is 0 Å². The molecular weight excluding hydrogens is 282 g/mol. The summed E-state index contributed by atoms with van der Waals surface area (Å²) in [6, 6.07) is 28.9. The van der Waals surface area contributed by atoms with E-state index >= 15 is 0 Å². The average molecular weight is 299 g/mol. The summed E-state index contributed by atoms with van der Waals surface area (Å²) in [5, 5.41) is 12.8. The van der Waals surface area contributed by atoms with E-state index in [1.807, 2.05) is 103 Å². The van der Waals surface area contributed by atoms with E-state index < -0.39 is 0 Å². The number of rotatable bonds is 4. The molecule has 0 N–H and O–H groups in total. The van der Waals surface area contributed by atoms with Crippen molar-refractivity contribution < 1.29 is 4.74 Å². The largest absolute Gasteiger partial charge is 0.618 e. The molecule has 0 aromatic heterocycles. The first-order valence-electron chi connectivity index (χ1n) is 7.52. The highest BCUT2D eigenvalue weighted by Gasteiger charge is 2.11. The minimum absolute atomic E-state index is 0.612. The summed E-state index contributed by atoms with van der Waals surface area (Å²) in [6.45, 7) is 0. The van der Waals surface area contributed by atoms with Gasteiger partial charge in [0.15, 0.2) is 0 Å². The molecule has 0 unspecified atom stereocenters. The van der Waals surface area contributed by atoms with Crippen LogP contribution in [0, 0.1) is 5.21 Å². The van der Waals surface area contributed by atoms with Crippen molar-refractivity contribution >= 4 is 17.5 Å². The first-order valence-corrected chi connectivity index (χ1v) is 7.52. The quantitative estimate of drug-likeness (QED) is 0.287. The number of allylic oxidation sites excluding steroid dienone is 1. The molecule has 112 valence electrons. The van der Waals surface area contributed by atoms with Crippen molar-refractivity contribution in [2.75, 3.05) is 0 Å². The standard InChI is InChI=1S/C21H17NO/c23-22(20-14-8-3-9-15-20)21(19-12-6-2-7-13-19)17-16-18-10-4-1-5-11-18/h1-17H/b17-16+,22-21+. The van der Waals surface area contributed by atoms with Crippen molar-refractivity contribution in [2.45, 2.75) is 0 Å². The Bertz CT molecular complexity index is 806. The van der Waals surface area contributed by atoms with E-state index in [1.54, 1.807) is 0 Å². The molecular formula is C21H17NO. The first-order chi connectivity index (χ1) is 11.3. The molecule has 0 radical (unpaired) electrons. The highest BCUT2D eigenvalue weighted by Crippen LogP contribution is 2.14. The van der Waals surface area contributed by atoms with Crippen molar-refractivity contribution in [1.29, 1.82) is 0 Å². The van der Waals surface area contributed by atoms with E-state index in [9.17, 15) is 5.21 Å². The smallest absolute Gasteiger partial charge is 0.224 e. The van der Waals surface area contributed by atoms with E-state index in [1.165, 1.54) is 0 Å². The maximum Gasteiger partial charge on any atom is 0.224 e. The number of nitrogens with zero attached hydrogens (tertiary/aromatic N) is 1. The highest BCUT2D eigenvalue weighted by atomic mass is 16.5. The summed E-state index contributed by atoms with van der Waals surface area (Å²) >= 11 is 0. The van der Waals surface area contributed by atoms with E-state index in [4.69, 9.17) is 0 Å². The lowest BCUT2D eigenvalue weighted by atomic mass is 10.1. The van der Waals surface area contributed by atoms with Crippen molar-refractivity contribution in [3.8, 4) is 0 Å². The fourth-order valence-electron chi connectivity index (χ4n) is 2.33. The zero-order chi connectivity index (χ0) is 15.9. The van der Waals surface area contributed by atoms with Crippen molar-refractivity contribution in [2.24, 2.45) is 0 Å². The van der Waals surface area contributed by atoms with Gasteiger partial charge in [0.2, 0.25) is 11.4 Å². The molecule has 0 spiro atoms.